The van der Waals surface area contributed by atoms with Crippen LogP contribution in [0.15, 0.2) is 36.0 Å². The van der Waals surface area contributed by atoms with E-state index in [0.29, 0.717) is 19.3 Å². The van der Waals surface area contributed by atoms with Crippen molar-refractivity contribution in [3.05, 3.63) is 53.1 Å². The van der Waals surface area contributed by atoms with Crippen LogP contribution in [0.3, 0.4) is 0 Å². The zero-order valence-corrected chi connectivity index (χ0v) is 13.5. The average Bonchev–Trinajstić information content (AvgIpc) is 2.95. The summed E-state index contributed by atoms with van der Waals surface area (Å²) in [5.41, 5.74) is 3.22. The standard InChI is InChI=1S/C19H19FN2O2/c1-12(23)19-9-13-11-21-22(16-5-3-15(20)4-6-16)18(13)8-14(19)2-7-17(24)10-19/h3-6,8,11,17,24H,2,7,9-10H2,1H3/t17?,19-/m1/s1. The highest BCUT2D eigenvalue weighted by Crippen LogP contribution is 2.48. The summed E-state index contributed by atoms with van der Waals surface area (Å²) >= 11 is 0. The van der Waals surface area contributed by atoms with E-state index in [9.17, 15) is 14.3 Å². The van der Waals surface area contributed by atoms with Gasteiger partial charge in [-0.25, -0.2) is 9.07 Å². The van der Waals surface area contributed by atoms with Crippen molar-refractivity contribution >= 4 is 11.9 Å². The van der Waals surface area contributed by atoms with Crippen molar-refractivity contribution in [2.24, 2.45) is 5.41 Å². The van der Waals surface area contributed by atoms with Gasteiger partial charge in [-0.1, -0.05) is 5.57 Å². The van der Waals surface area contributed by atoms with Crippen molar-refractivity contribution in [1.29, 1.82) is 0 Å². The van der Waals surface area contributed by atoms with E-state index in [1.54, 1.807) is 29.9 Å². The highest BCUT2D eigenvalue weighted by atomic mass is 19.1. The molecule has 1 aromatic carbocycles. The van der Waals surface area contributed by atoms with E-state index in [-0.39, 0.29) is 11.6 Å². The summed E-state index contributed by atoms with van der Waals surface area (Å²) in [6, 6.07) is 6.21. The number of carbonyl (C=O) groups excluding carboxylic acids is 1. The number of benzene rings is 1. The maximum Gasteiger partial charge on any atom is 0.140 e. The molecule has 124 valence electrons. The Morgan fingerprint density at radius 3 is 2.83 bits per heavy atom. The quantitative estimate of drug-likeness (QED) is 0.923. The van der Waals surface area contributed by atoms with Crippen LogP contribution >= 0.6 is 0 Å². The lowest BCUT2D eigenvalue weighted by molar-refractivity contribution is -0.127. The first-order chi connectivity index (χ1) is 11.5. The van der Waals surface area contributed by atoms with E-state index in [1.165, 1.54) is 12.1 Å². The van der Waals surface area contributed by atoms with Crippen LogP contribution in [0.2, 0.25) is 0 Å². The monoisotopic (exact) mass is 326 g/mol. The Bertz CT molecular complexity index is 838. The number of aromatic nitrogens is 2. The minimum atomic E-state index is -0.596. The topological polar surface area (TPSA) is 55.1 Å². The SMILES string of the molecule is CC(=O)[C@]12Cc3cnn(-c4ccc(F)cc4)c3C=C1CCC(O)C2. The molecule has 0 spiro atoms. The largest absolute Gasteiger partial charge is 0.393 e. The molecule has 0 radical (unpaired) electrons. The molecule has 2 atom stereocenters. The van der Waals surface area contributed by atoms with Gasteiger partial charge in [-0.2, -0.15) is 5.10 Å². The van der Waals surface area contributed by atoms with E-state index in [4.69, 9.17) is 0 Å². The number of hydrogen-bond donors (Lipinski definition) is 1. The zero-order valence-electron chi connectivity index (χ0n) is 13.5. The first-order valence-electron chi connectivity index (χ1n) is 8.22. The van der Waals surface area contributed by atoms with Crippen molar-refractivity contribution in [2.45, 2.75) is 38.7 Å². The lowest BCUT2D eigenvalue weighted by atomic mass is 9.62. The van der Waals surface area contributed by atoms with Crippen LogP contribution in [0.1, 0.15) is 37.4 Å². The normalized spacial score (nSPS) is 25.6. The van der Waals surface area contributed by atoms with Gasteiger partial charge in [-0.05, 0) is 68.5 Å². The second kappa shape index (κ2) is 5.38. The predicted molar refractivity (Wildman–Crippen MR) is 88.2 cm³/mol. The molecule has 1 heterocycles. The molecule has 4 nitrogen and oxygen atoms in total. The summed E-state index contributed by atoms with van der Waals surface area (Å²) in [4.78, 5) is 12.4. The maximum atomic E-state index is 13.2. The molecule has 2 aromatic rings. The van der Waals surface area contributed by atoms with Crippen LogP contribution in [0.5, 0.6) is 0 Å². The van der Waals surface area contributed by atoms with Crippen molar-refractivity contribution in [1.82, 2.24) is 9.78 Å². The molecule has 0 saturated heterocycles. The number of halogens is 1. The van der Waals surface area contributed by atoms with Crippen LogP contribution < -0.4 is 0 Å². The van der Waals surface area contributed by atoms with Gasteiger partial charge >= 0.3 is 0 Å². The number of Topliss-reactive ketones (excluding diaryl/α,β-unsaturated/α-hetero) is 1. The molecule has 0 bridgehead atoms. The second-order valence-electron chi connectivity index (χ2n) is 6.82. The third-order valence-corrected chi connectivity index (χ3v) is 5.38. The Balaban J connectivity index is 1.82. The number of carbonyl (C=O) groups is 1. The Hall–Kier alpha value is -2.27. The molecule has 0 aliphatic heterocycles. The summed E-state index contributed by atoms with van der Waals surface area (Å²) in [6.45, 7) is 1.61. The number of aliphatic hydroxyl groups excluding tert-OH is 1. The van der Waals surface area contributed by atoms with Gasteiger partial charge in [0.1, 0.15) is 11.6 Å². The molecule has 2 aliphatic rings. The molecule has 1 aromatic heterocycles. The maximum absolute atomic E-state index is 13.2. The fourth-order valence-corrected chi connectivity index (χ4v) is 4.05. The van der Waals surface area contributed by atoms with E-state index < -0.39 is 11.5 Å². The number of rotatable bonds is 2. The molecule has 0 amide bonds. The second-order valence-corrected chi connectivity index (χ2v) is 6.82. The smallest absolute Gasteiger partial charge is 0.140 e. The third-order valence-electron chi connectivity index (χ3n) is 5.38. The number of aliphatic hydroxyl groups is 1. The van der Waals surface area contributed by atoms with E-state index in [1.807, 2.05) is 6.08 Å². The molecule has 4 rings (SSSR count). The summed E-state index contributed by atoms with van der Waals surface area (Å²) in [5, 5.41) is 14.5. The summed E-state index contributed by atoms with van der Waals surface area (Å²) in [6.07, 6.45) is 5.84. The number of ketones is 1. The van der Waals surface area contributed by atoms with Gasteiger partial charge in [0, 0.05) is 0 Å². The predicted octanol–water partition coefficient (Wildman–Crippen LogP) is 3.07. The Morgan fingerprint density at radius 1 is 1.38 bits per heavy atom. The minimum Gasteiger partial charge on any atom is -0.393 e. The first-order valence-corrected chi connectivity index (χ1v) is 8.22. The first kappa shape index (κ1) is 15.3. The van der Waals surface area contributed by atoms with Crippen molar-refractivity contribution in [3.8, 4) is 5.69 Å². The van der Waals surface area contributed by atoms with Gasteiger partial charge in [0.05, 0.1) is 29.1 Å². The number of fused-ring (bicyclic) bond motifs is 2. The molecule has 24 heavy (non-hydrogen) atoms. The van der Waals surface area contributed by atoms with Crippen LogP contribution in [0.4, 0.5) is 4.39 Å². The van der Waals surface area contributed by atoms with Crippen LogP contribution in [0.25, 0.3) is 11.8 Å². The molecular weight excluding hydrogens is 307 g/mol. The summed E-state index contributed by atoms with van der Waals surface area (Å²) in [7, 11) is 0. The van der Waals surface area contributed by atoms with Crippen molar-refractivity contribution in [3.63, 3.8) is 0 Å². The van der Waals surface area contributed by atoms with Crippen LogP contribution in [-0.4, -0.2) is 26.8 Å². The molecular formula is C19H19FN2O2. The fourth-order valence-electron chi connectivity index (χ4n) is 4.05. The average molecular weight is 326 g/mol. The fraction of sp³-hybridized carbons (Fsp3) is 0.368. The highest BCUT2D eigenvalue weighted by Gasteiger charge is 2.46. The Labute approximate surface area is 139 Å². The molecule has 1 fully saturated rings. The number of nitrogens with zero attached hydrogens (tertiary/aromatic N) is 2. The Morgan fingerprint density at radius 2 is 2.12 bits per heavy atom. The van der Waals surface area contributed by atoms with Crippen LogP contribution in [-0.2, 0) is 11.2 Å². The molecule has 1 N–H and O–H groups in total. The van der Waals surface area contributed by atoms with Crippen LogP contribution in [0, 0.1) is 11.2 Å². The lowest BCUT2D eigenvalue weighted by Crippen LogP contribution is -2.42. The molecule has 1 unspecified atom stereocenters. The molecule has 1 saturated carbocycles. The van der Waals surface area contributed by atoms with Gasteiger partial charge in [0.15, 0.2) is 0 Å². The molecule has 5 heteroatoms. The minimum absolute atomic E-state index is 0.104. The van der Waals surface area contributed by atoms with Gasteiger partial charge < -0.3 is 5.11 Å². The van der Waals surface area contributed by atoms with Gasteiger partial charge in [0.2, 0.25) is 0 Å². The Kier molecular flexibility index (Phi) is 3.42. The third kappa shape index (κ3) is 2.23. The highest BCUT2D eigenvalue weighted by molar-refractivity contribution is 5.89. The number of allylic oxidation sites excluding steroid dienone is 1. The number of hydrogen-bond acceptors (Lipinski definition) is 3. The van der Waals surface area contributed by atoms with E-state index >= 15 is 0 Å². The summed E-state index contributed by atoms with van der Waals surface area (Å²) < 4.78 is 15.0. The molecule has 2 aliphatic carbocycles. The van der Waals surface area contributed by atoms with Gasteiger partial charge in [-0.15, -0.1) is 0 Å². The van der Waals surface area contributed by atoms with Crippen molar-refractivity contribution in [2.75, 3.05) is 0 Å². The zero-order chi connectivity index (χ0) is 16.9. The van der Waals surface area contributed by atoms with E-state index in [2.05, 4.69) is 5.10 Å². The van der Waals surface area contributed by atoms with Gasteiger partial charge in [-0.3, -0.25) is 4.79 Å². The van der Waals surface area contributed by atoms with Gasteiger partial charge in [0.25, 0.3) is 0 Å². The summed E-state index contributed by atoms with van der Waals surface area (Å²) in [5.74, 6) is -0.178. The lowest BCUT2D eigenvalue weighted by Gasteiger charge is -2.42. The van der Waals surface area contributed by atoms with Crippen molar-refractivity contribution < 1.29 is 14.3 Å². The van der Waals surface area contributed by atoms with E-state index in [0.717, 1.165) is 28.9 Å².